The Hall–Kier alpha value is -2.91. The molecule has 0 fully saturated rings. The van der Waals surface area contributed by atoms with Gasteiger partial charge in [-0.3, -0.25) is 4.72 Å². The average molecular weight is 453 g/mol. The number of hydrogen-bond acceptors (Lipinski definition) is 7. The average Bonchev–Trinajstić information content (AvgIpc) is 3.07. The third kappa shape index (κ3) is 4.03. The van der Waals surface area contributed by atoms with Crippen molar-refractivity contribution in [3.8, 4) is 28.6 Å². The van der Waals surface area contributed by atoms with Gasteiger partial charge >= 0.3 is 0 Å². The van der Waals surface area contributed by atoms with E-state index in [0.717, 1.165) is 11.3 Å². The van der Waals surface area contributed by atoms with Crippen LogP contribution >= 0.6 is 11.6 Å². The van der Waals surface area contributed by atoms with E-state index in [0.29, 0.717) is 17.1 Å². The van der Waals surface area contributed by atoms with Crippen LogP contribution in [0.5, 0.6) is 17.2 Å². The van der Waals surface area contributed by atoms with Crippen LogP contribution in [-0.2, 0) is 10.0 Å². The van der Waals surface area contributed by atoms with Crippen LogP contribution in [0, 0.1) is 13.8 Å². The summed E-state index contributed by atoms with van der Waals surface area (Å²) in [4.78, 5) is -0.0927. The van der Waals surface area contributed by atoms with Gasteiger partial charge in [-0.2, -0.15) is 0 Å². The van der Waals surface area contributed by atoms with Gasteiger partial charge < -0.3 is 18.7 Å². The summed E-state index contributed by atoms with van der Waals surface area (Å²) in [7, 11) is 0.151. The molecule has 2 aromatic carbocycles. The van der Waals surface area contributed by atoms with Gasteiger partial charge in [0.1, 0.15) is 27.8 Å². The maximum Gasteiger partial charge on any atom is 0.265 e. The summed E-state index contributed by atoms with van der Waals surface area (Å²) < 4.78 is 50.0. The molecule has 0 saturated heterocycles. The first kappa shape index (κ1) is 21.8. The Morgan fingerprint density at radius 1 is 1.00 bits per heavy atom. The third-order valence-electron chi connectivity index (χ3n) is 4.59. The van der Waals surface area contributed by atoms with E-state index in [1.807, 2.05) is 13.8 Å². The molecule has 1 heterocycles. The lowest BCUT2D eigenvalue weighted by molar-refractivity contribution is 0.395. The summed E-state index contributed by atoms with van der Waals surface area (Å²) in [6.07, 6.45) is 0. The first-order valence-electron chi connectivity index (χ1n) is 8.77. The molecule has 10 heteroatoms. The molecule has 0 aliphatic carbocycles. The van der Waals surface area contributed by atoms with Crippen LogP contribution in [-0.4, -0.2) is 34.9 Å². The van der Waals surface area contributed by atoms with Crippen molar-refractivity contribution in [3.05, 3.63) is 46.6 Å². The minimum atomic E-state index is -4.11. The zero-order valence-corrected chi connectivity index (χ0v) is 18.6. The van der Waals surface area contributed by atoms with Crippen LogP contribution < -0.4 is 18.9 Å². The number of hydrogen-bond donors (Lipinski definition) is 1. The van der Waals surface area contributed by atoms with Crippen molar-refractivity contribution in [1.82, 2.24) is 5.16 Å². The molecule has 0 aliphatic rings. The zero-order valence-electron chi connectivity index (χ0n) is 17.1. The van der Waals surface area contributed by atoms with E-state index < -0.39 is 10.0 Å². The molecule has 0 spiro atoms. The Kier molecular flexibility index (Phi) is 6.14. The smallest absolute Gasteiger partial charge is 0.265 e. The Labute approximate surface area is 179 Å². The molecule has 0 aliphatic heterocycles. The Balaban J connectivity index is 2.10. The van der Waals surface area contributed by atoms with E-state index >= 15 is 0 Å². The molecule has 3 aromatic rings. The number of anilines is 1. The number of benzene rings is 2. The zero-order chi connectivity index (χ0) is 22.1. The van der Waals surface area contributed by atoms with Crippen molar-refractivity contribution in [2.45, 2.75) is 18.7 Å². The Morgan fingerprint density at radius 3 is 2.27 bits per heavy atom. The minimum absolute atomic E-state index is 0.0825. The van der Waals surface area contributed by atoms with Crippen molar-refractivity contribution >= 4 is 27.3 Å². The fraction of sp³-hybridized carbons (Fsp3) is 0.250. The lowest BCUT2D eigenvalue weighted by Crippen LogP contribution is -2.15. The van der Waals surface area contributed by atoms with E-state index in [2.05, 4.69) is 9.88 Å². The van der Waals surface area contributed by atoms with Crippen LogP contribution in [0.2, 0.25) is 5.02 Å². The van der Waals surface area contributed by atoms with Crippen molar-refractivity contribution in [2.75, 3.05) is 26.1 Å². The van der Waals surface area contributed by atoms with Gasteiger partial charge in [-0.15, -0.1) is 0 Å². The van der Waals surface area contributed by atoms with Crippen molar-refractivity contribution in [2.24, 2.45) is 0 Å². The molecule has 0 unspecified atom stereocenters. The number of methoxy groups -OCH3 is 3. The molecule has 30 heavy (non-hydrogen) atoms. The predicted octanol–water partition coefficient (Wildman–Crippen LogP) is 4.44. The van der Waals surface area contributed by atoms with Gasteiger partial charge in [-0.05, 0) is 32.0 Å². The topological polar surface area (TPSA) is 99.9 Å². The van der Waals surface area contributed by atoms with E-state index in [9.17, 15) is 8.42 Å². The second kappa shape index (κ2) is 8.45. The molecule has 1 aromatic heterocycles. The molecule has 0 atom stereocenters. The van der Waals surface area contributed by atoms with Gasteiger partial charge in [-0.25, -0.2) is 8.42 Å². The number of aromatic nitrogens is 1. The first-order chi connectivity index (χ1) is 14.2. The van der Waals surface area contributed by atoms with Crippen LogP contribution in [0.4, 0.5) is 5.69 Å². The number of sulfonamides is 1. The summed E-state index contributed by atoms with van der Waals surface area (Å²) in [5.41, 5.74) is 2.16. The minimum Gasteiger partial charge on any atom is -0.497 e. The van der Waals surface area contributed by atoms with Crippen molar-refractivity contribution in [1.29, 1.82) is 0 Å². The highest BCUT2D eigenvalue weighted by Gasteiger charge is 2.25. The highest BCUT2D eigenvalue weighted by atomic mass is 35.5. The van der Waals surface area contributed by atoms with Gasteiger partial charge in [0.25, 0.3) is 10.0 Å². The monoisotopic (exact) mass is 452 g/mol. The number of halogens is 1. The summed E-state index contributed by atoms with van der Waals surface area (Å²) in [5, 5.41) is 4.05. The normalized spacial score (nSPS) is 11.3. The summed E-state index contributed by atoms with van der Waals surface area (Å²) in [5.74, 6) is 1.27. The van der Waals surface area contributed by atoms with E-state index in [1.165, 1.54) is 39.5 Å². The molecule has 0 amide bonds. The number of ether oxygens (including phenoxy) is 3. The van der Waals surface area contributed by atoms with Crippen molar-refractivity contribution in [3.63, 3.8) is 0 Å². The predicted molar refractivity (Wildman–Crippen MR) is 113 cm³/mol. The second-order valence-electron chi connectivity index (χ2n) is 6.38. The maximum absolute atomic E-state index is 13.2. The number of nitrogens with one attached hydrogen (secondary N) is 1. The highest BCUT2D eigenvalue weighted by molar-refractivity contribution is 7.92. The molecule has 0 bridgehead atoms. The fourth-order valence-corrected chi connectivity index (χ4v) is 4.43. The van der Waals surface area contributed by atoms with Crippen LogP contribution in [0.3, 0.4) is 0 Å². The van der Waals surface area contributed by atoms with Crippen molar-refractivity contribution < 1.29 is 27.2 Å². The van der Waals surface area contributed by atoms with Gasteiger partial charge in [-0.1, -0.05) is 16.8 Å². The molecule has 160 valence electrons. The quantitative estimate of drug-likeness (QED) is 0.565. The van der Waals surface area contributed by atoms with Gasteiger partial charge in [0.15, 0.2) is 5.76 Å². The van der Waals surface area contributed by atoms with Crippen LogP contribution in [0.1, 0.15) is 11.3 Å². The molecule has 0 radical (unpaired) electrons. The molecule has 8 nitrogen and oxygen atoms in total. The standard InChI is InChI=1S/C20H21ClN2O6S/c1-11-12(2)22-29-20(11)13-6-7-16(27-4)18(8-13)30(24,25)23-19-15(21)9-14(26-3)10-17(19)28-5/h6-10,23H,1-5H3. The fourth-order valence-electron chi connectivity index (χ4n) is 2.84. The third-order valence-corrected chi connectivity index (χ3v) is 6.26. The number of rotatable bonds is 7. The Morgan fingerprint density at radius 2 is 1.70 bits per heavy atom. The Bertz CT molecular complexity index is 1190. The van der Waals surface area contributed by atoms with E-state index in [-0.39, 0.29) is 27.1 Å². The van der Waals surface area contributed by atoms with Gasteiger partial charge in [0, 0.05) is 23.3 Å². The maximum atomic E-state index is 13.2. The largest absolute Gasteiger partial charge is 0.497 e. The van der Waals surface area contributed by atoms with Gasteiger partial charge in [0.2, 0.25) is 0 Å². The molecular formula is C20H21ClN2O6S. The second-order valence-corrected chi connectivity index (χ2v) is 8.44. The number of aryl methyl sites for hydroxylation is 1. The van der Waals surface area contributed by atoms with Crippen LogP contribution in [0.25, 0.3) is 11.3 Å². The van der Waals surface area contributed by atoms with E-state index in [4.69, 9.17) is 30.3 Å². The molecule has 1 N–H and O–H groups in total. The lowest BCUT2D eigenvalue weighted by Gasteiger charge is -2.16. The first-order valence-corrected chi connectivity index (χ1v) is 10.6. The highest BCUT2D eigenvalue weighted by Crippen LogP contribution is 2.39. The molecular weight excluding hydrogens is 432 g/mol. The lowest BCUT2D eigenvalue weighted by atomic mass is 10.1. The molecule has 0 saturated carbocycles. The van der Waals surface area contributed by atoms with Crippen LogP contribution in [0.15, 0.2) is 39.8 Å². The number of nitrogens with zero attached hydrogens (tertiary/aromatic N) is 1. The summed E-state index contributed by atoms with van der Waals surface area (Å²) in [6.45, 7) is 3.66. The molecule has 3 rings (SSSR count). The SMILES string of the molecule is COc1cc(Cl)c(NS(=O)(=O)c2cc(-c3onc(C)c3C)ccc2OC)c(OC)c1. The summed E-state index contributed by atoms with van der Waals surface area (Å²) in [6, 6.07) is 7.71. The summed E-state index contributed by atoms with van der Waals surface area (Å²) >= 11 is 6.27. The van der Waals surface area contributed by atoms with E-state index in [1.54, 1.807) is 12.1 Å². The van der Waals surface area contributed by atoms with Gasteiger partial charge in [0.05, 0.1) is 32.0 Å².